The molecule has 0 aliphatic carbocycles. The van der Waals surface area contributed by atoms with Gasteiger partial charge in [-0.2, -0.15) is 5.10 Å². The summed E-state index contributed by atoms with van der Waals surface area (Å²) >= 11 is 11.9. The minimum atomic E-state index is 0.329. The van der Waals surface area contributed by atoms with E-state index in [1.54, 1.807) is 12.1 Å². The zero-order chi connectivity index (χ0) is 13.9. The van der Waals surface area contributed by atoms with Crippen LogP contribution in [0.15, 0.2) is 48.5 Å². The highest BCUT2D eigenvalue weighted by Crippen LogP contribution is 2.31. The number of ether oxygens (including phenoxy) is 1. The zero-order valence-electron chi connectivity index (χ0n) is 10.4. The summed E-state index contributed by atoms with van der Waals surface area (Å²) < 4.78 is 5.80. The highest BCUT2D eigenvalue weighted by Gasteiger charge is 2.06. The van der Waals surface area contributed by atoms with Crippen molar-refractivity contribution in [1.29, 1.82) is 0 Å². The SMILES string of the molecule is Clc1ccc(COc2ccc(Cl)c3ccccc23)nn1. The Morgan fingerprint density at radius 3 is 2.40 bits per heavy atom. The van der Waals surface area contributed by atoms with E-state index in [-0.39, 0.29) is 0 Å². The van der Waals surface area contributed by atoms with Gasteiger partial charge in [-0.15, -0.1) is 5.10 Å². The minimum Gasteiger partial charge on any atom is -0.487 e. The van der Waals surface area contributed by atoms with Gasteiger partial charge in [0.2, 0.25) is 0 Å². The molecule has 5 heteroatoms. The Labute approximate surface area is 126 Å². The van der Waals surface area contributed by atoms with Crippen molar-refractivity contribution in [2.75, 3.05) is 0 Å². The van der Waals surface area contributed by atoms with Gasteiger partial charge in [0, 0.05) is 15.8 Å². The molecule has 0 fully saturated rings. The van der Waals surface area contributed by atoms with Crippen molar-refractivity contribution < 1.29 is 4.74 Å². The summed E-state index contributed by atoms with van der Waals surface area (Å²) in [6.45, 7) is 0.329. The molecule has 1 heterocycles. The van der Waals surface area contributed by atoms with E-state index in [1.807, 2.05) is 36.4 Å². The van der Waals surface area contributed by atoms with Gasteiger partial charge >= 0.3 is 0 Å². The van der Waals surface area contributed by atoms with Gasteiger partial charge < -0.3 is 4.74 Å². The largest absolute Gasteiger partial charge is 0.487 e. The van der Waals surface area contributed by atoms with E-state index < -0.39 is 0 Å². The van der Waals surface area contributed by atoms with Crippen LogP contribution in [0.3, 0.4) is 0 Å². The van der Waals surface area contributed by atoms with Crippen molar-refractivity contribution in [3.63, 3.8) is 0 Å². The number of nitrogens with zero attached hydrogens (tertiary/aromatic N) is 2. The molecule has 0 N–H and O–H groups in total. The summed E-state index contributed by atoms with van der Waals surface area (Å²) in [5, 5.41) is 10.8. The fourth-order valence-corrected chi connectivity index (χ4v) is 2.26. The molecule has 0 bridgehead atoms. The summed E-state index contributed by atoms with van der Waals surface area (Å²) in [6.07, 6.45) is 0. The molecule has 0 amide bonds. The Kier molecular flexibility index (Phi) is 3.72. The van der Waals surface area contributed by atoms with Crippen LogP contribution in [0.25, 0.3) is 10.8 Å². The molecular formula is C15H10Cl2N2O. The van der Waals surface area contributed by atoms with Crippen LogP contribution in [0, 0.1) is 0 Å². The van der Waals surface area contributed by atoms with Crippen LogP contribution in [-0.2, 0) is 6.61 Å². The van der Waals surface area contributed by atoms with Crippen LogP contribution >= 0.6 is 23.2 Å². The number of rotatable bonds is 3. The first-order valence-corrected chi connectivity index (χ1v) is 6.78. The first-order valence-electron chi connectivity index (χ1n) is 6.02. The lowest BCUT2D eigenvalue weighted by Crippen LogP contribution is -2.00. The summed E-state index contributed by atoms with van der Waals surface area (Å²) in [6, 6.07) is 15.0. The Balaban J connectivity index is 1.88. The highest BCUT2D eigenvalue weighted by molar-refractivity contribution is 6.35. The molecule has 100 valence electrons. The molecule has 0 spiro atoms. The van der Waals surface area contributed by atoms with E-state index in [4.69, 9.17) is 27.9 Å². The van der Waals surface area contributed by atoms with Crippen LogP contribution in [0.1, 0.15) is 5.69 Å². The number of benzene rings is 2. The lowest BCUT2D eigenvalue weighted by atomic mass is 10.1. The van der Waals surface area contributed by atoms with Crippen LogP contribution in [-0.4, -0.2) is 10.2 Å². The first-order chi connectivity index (χ1) is 9.74. The molecular weight excluding hydrogens is 295 g/mol. The van der Waals surface area contributed by atoms with Crippen molar-refractivity contribution in [3.05, 3.63) is 64.4 Å². The Morgan fingerprint density at radius 2 is 1.65 bits per heavy atom. The van der Waals surface area contributed by atoms with E-state index >= 15 is 0 Å². The Bertz CT molecular complexity index is 744. The maximum Gasteiger partial charge on any atom is 0.151 e. The van der Waals surface area contributed by atoms with Gasteiger partial charge in [0.25, 0.3) is 0 Å². The molecule has 3 nitrogen and oxygen atoms in total. The predicted molar refractivity (Wildman–Crippen MR) is 80.3 cm³/mol. The van der Waals surface area contributed by atoms with Gasteiger partial charge in [0.15, 0.2) is 5.15 Å². The summed E-state index contributed by atoms with van der Waals surface area (Å²) in [5.41, 5.74) is 0.716. The molecule has 0 saturated heterocycles. The Hall–Kier alpha value is -1.84. The number of aromatic nitrogens is 2. The molecule has 3 aromatic rings. The van der Waals surface area contributed by atoms with Crippen LogP contribution in [0.4, 0.5) is 0 Å². The predicted octanol–water partition coefficient (Wildman–Crippen LogP) is 4.52. The molecule has 20 heavy (non-hydrogen) atoms. The molecule has 0 radical (unpaired) electrons. The lowest BCUT2D eigenvalue weighted by Gasteiger charge is -2.09. The minimum absolute atomic E-state index is 0.329. The van der Waals surface area contributed by atoms with E-state index in [0.717, 1.165) is 16.5 Å². The van der Waals surface area contributed by atoms with Crippen LogP contribution in [0.2, 0.25) is 10.2 Å². The number of hydrogen-bond acceptors (Lipinski definition) is 3. The summed E-state index contributed by atoms with van der Waals surface area (Å²) in [7, 11) is 0. The molecule has 3 rings (SSSR count). The molecule has 0 unspecified atom stereocenters. The van der Waals surface area contributed by atoms with Gasteiger partial charge in [-0.05, 0) is 24.3 Å². The molecule has 0 atom stereocenters. The van der Waals surface area contributed by atoms with Gasteiger partial charge in [-0.3, -0.25) is 0 Å². The smallest absolute Gasteiger partial charge is 0.151 e. The van der Waals surface area contributed by atoms with E-state index in [2.05, 4.69) is 10.2 Å². The van der Waals surface area contributed by atoms with Gasteiger partial charge in [0.1, 0.15) is 18.1 Å². The van der Waals surface area contributed by atoms with Gasteiger partial charge in [-0.25, -0.2) is 0 Å². The van der Waals surface area contributed by atoms with Crippen LogP contribution in [0.5, 0.6) is 5.75 Å². The topological polar surface area (TPSA) is 35.0 Å². The first kappa shape index (κ1) is 13.2. The standard InChI is InChI=1S/C15H10Cl2N2O/c16-13-6-7-14(12-4-2-1-3-11(12)13)20-9-10-5-8-15(17)19-18-10/h1-8H,9H2. The molecule has 1 aromatic heterocycles. The second-order valence-corrected chi connectivity index (χ2v) is 5.02. The molecule has 2 aromatic carbocycles. The second-order valence-electron chi connectivity index (χ2n) is 4.23. The monoisotopic (exact) mass is 304 g/mol. The van der Waals surface area contributed by atoms with Crippen molar-refractivity contribution in [1.82, 2.24) is 10.2 Å². The molecule has 0 aliphatic heterocycles. The Morgan fingerprint density at radius 1 is 0.850 bits per heavy atom. The number of fused-ring (bicyclic) bond motifs is 1. The average molecular weight is 305 g/mol. The van der Waals surface area contributed by atoms with E-state index in [9.17, 15) is 0 Å². The van der Waals surface area contributed by atoms with Gasteiger partial charge in [0.05, 0.1) is 0 Å². The third kappa shape index (κ3) is 2.69. The third-order valence-electron chi connectivity index (χ3n) is 2.89. The fourth-order valence-electron chi connectivity index (χ4n) is 1.93. The van der Waals surface area contributed by atoms with E-state index in [1.165, 1.54) is 0 Å². The summed E-state index contributed by atoms with van der Waals surface area (Å²) in [5.74, 6) is 0.766. The zero-order valence-corrected chi connectivity index (χ0v) is 11.9. The quantitative estimate of drug-likeness (QED) is 0.714. The number of halogens is 2. The molecule has 0 saturated carbocycles. The molecule has 0 aliphatic rings. The fraction of sp³-hybridized carbons (Fsp3) is 0.0667. The van der Waals surface area contributed by atoms with Crippen molar-refractivity contribution in [2.24, 2.45) is 0 Å². The average Bonchev–Trinajstić information content (AvgIpc) is 2.49. The number of hydrogen-bond donors (Lipinski definition) is 0. The van der Waals surface area contributed by atoms with E-state index in [0.29, 0.717) is 22.5 Å². The maximum atomic E-state index is 6.17. The summed E-state index contributed by atoms with van der Waals surface area (Å²) in [4.78, 5) is 0. The van der Waals surface area contributed by atoms with Crippen LogP contribution < -0.4 is 4.74 Å². The van der Waals surface area contributed by atoms with Crippen molar-refractivity contribution in [2.45, 2.75) is 6.61 Å². The highest BCUT2D eigenvalue weighted by atomic mass is 35.5. The van der Waals surface area contributed by atoms with Crippen molar-refractivity contribution in [3.8, 4) is 5.75 Å². The van der Waals surface area contributed by atoms with Gasteiger partial charge in [-0.1, -0.05) is 47.5 Å². The maximum absolute atomic E-state index is 6.17. The lowest BCUT2D eigenvalue weighted by molar-refractivity contribution is 0.303. The normalized spacial score (nSPS) is 10.7. The third-order valence-corrected chi connectivity index (χ3v) is 3.42. The second kappa shape index (κ2) is 5.65. The van der Waals surface area contributed by atoms with Crippen molar-refractivity contribution >= 4 is 34.0 Å².